The number of aromatic nitrogens is 3. The molecule has 0 atom stereocenters. The van der Waals surface area contributed by atoms with Gasteiger partial charge in [-0.05, 0) is 56.3 Å². The summed E-state index contributed by atoms with van der Waals surface area (Å²) in [4.78, 5) is 29.2. The summed E-state index contributed by atoms with van der Waals surface area (Å²) in [6, 6.07) is 13.8. The van der Waals surface area contributed by atoms with Gasteiger partial charge < -0.3 is 16.0 Å². The lowest BCUT2D eigenvalue weighted by molar-refractivity contribution is 0.102. The summed E-state index contributed by atoms with van der Waals surface area (Å²) >= 11 is 6.05. The van der Waals surface area contributed by atoms with Gasteiger partial charge in [0.15, 0.2) is 0 Å². The maximum absolute atomic E-state index is 14.4. The van der Waals surface area contributed by atoms with E-state index < -0.39 is 17.8 Å². The molecule has 0 aliphatic rings. The second-order valence-electron chi connectivity index (χ2n) is 7.49. The second kappa shape index (κ2) is 9.72. The van der Waals surface area contributed by atoms with Crippen LogP contribution in [0.1, 0.15) is 21.7 Å². The van der Waals surface area contributed by atoms with Gasteiger partial charge in [0.1, 0.15) is 5.82 Å². The van der Waals surface area contributed by atoms with Crippen molar-refractivity contribution >= 4 is 40.6 Å². The zero-order chi connectivity index (χ0) is 24.2. The quantitative estimate of drug-likeness (QED) is 0.349. The van der Waals surface area contributed by atoms with Crippen LogP contribution in [0.2, 0.25) is 5.02 Å². The second-order valence-corrected chi connectivity index (χ2v) is 7.90. The number of aryl methyl sites for hydroxylation is 2. The molecular weight excluding hydrogens is 459 g/mol. The highest BCUT2D eigenvalue weighted by atomic mass is 35.5. The van der Waals surface area contributed by atoms with Gasteiger partial charge in [0.25, 0.3) is 5.91 Å². The molecule has 2 aromatic carbocycles. The Morgan fingerprint density at radius 1 is 0.941 bits per heavy atom. The van der Waals surface area contributed by atoms with E-state index in [0.29, 0.717) is 27.8 Å². The third kappa shape index (κ3) is 5.38. The molecule has 0 spiro atoms. The average molecular weight is 479 g/mol. The molecular formula is C24H20ClFN6O2. The fourth-order valence-electron chi connectivity index (χ4n) is 3.31. The van der Waals surface area contributed by atoms with Gasteiger partial charge in [-0.15, -0.1) is 0 Å². The molecule has 4 aromatic rings. The number of pyridine rings is 1. The standard InChI is InChI=1S/C24H20ClFN6O2/c1-14-9-16(10-15(2)28-14)29-23(33)19-11-18(7-8-21(19)26)32-13-17(12-27-32)30-24(34)31-22-6-4-3-5-20(22)25/h3-13H,1-2H3,(H,28,29,33)(H2,30,31,34). The number of benzene rings is 2. The van der Waals surface area contributed by atoms with Gasteiger partial charge in [-0.3, -0.25) is 9.78 Å². The number of para-hydroxylation sites is 1. The largest absolute Gasteiger partial charge is 0.323 e. The first-order valence-electron chi connectivity index (χ1n) is 10.2. The minimum Gasteiger partial charge on any atom is -0.322 e. The number of nitrogens with zero attached hydrogens (tertiary/aromatic N) is 3. The number of carbonyl (C=O) groups is 2. The number of halogens is 2. The van der Waals surface area contributed by atoms with Crippen LogP contribution in [0.3, 0.4) is 0 Å². The normalized spacial score (nSPS) is 10.6. The van der Waals surface area contributed by atoms with Crippen molar-refractivity contribution in [2.24, 2.45) is 0 Å². The van der Waals surface area contributed by atoms with Gasteiger partial charge >= 0.3 is 6.03 Å². The van der Waals surface area contributed by atoms with Gasteiger partial charge in [0.2, 0.25) is 0 Å². The van der Waals surface area contributed by atoms with E-state index in [-0.39, 0.29) is 5.56 Å². The number of anilines is 3. The molecule has 0 aliphatic heterocycles. The first kappa shape index (κ1) is 22.9. The van der Waals surface area contributed by atoms with E-state index in [2.05, 4.69) is 26.0 Å². The predicted molar refractivity (Wildman–Crippen MR) is 129 cm³/mol. The lowest BCUT2D eigenvalue weighted by atomic mass is 10.1. The maximum Gasteiger partial charge on any atom is 0.323 e. The van der Waals surface area contributed by atoms with Crippen molar-refractivity contribution in [1.82, 2.24) is 14.8 Å². The number of hydrogen-bond donors (Lipinski definition) is 3. The lowest BCUT2D eigenvalue weighted by Crippen LogP contribution is -2.19. The van der Waals surface area contributed by atoms with Gasteiger partial charge in [0, 0.05) is 17.1 Å². The smallest absolute Gasteiger partial charge is 0.322 e. The molecule has 0 bridgehead atoms. The van der Waals surface area contributed by atoms with Crippen LogP contribution in [0.5, 0.6) is 0 Å². The summed E-state index contributed by atoms with van der Waals surface area (Å²) in [6.07, 6.45) is 2.97. The Balaban J connectivity index is 1.49. The van der Waals surface area contributed by atoms with E-state index in [4.69, 9.17) is 11.6 Å². The third-order valence-corrected chi connectivity index (χ3v) is 5.09. The molecule has 0 saturated heterocycles. The summed E-state index contributed by atoms with van der Waals surface area (Å²) in [6.45, 7) is 3.61. The molecule has 10 heteroatoms. The minimum atomic E-state index is -0.673. The zero-order valence-corrected chi connectivity index (χ0v) is 19.0. The van der Waals surface area contributed by atoms with Gasteiger partial charge in [-0.2, -0.15) is 5.10 Å². The highest BCUT2D eigenvalue weighted by Gasteiger charge is 2.15. The number of urea groups is 1. The van der Waals surface area contributed by atoms with E-state index in [1.807, 2.05) is 13.8 Å². The summed E-state index contributed by atoms with van der Waals surface area (Å²) < 4.78 is 15.9. The van der Waals surface area contributed by atoms with Gasteiger partial charge in [-0.25, -0.2) is 13.9 Å². The van der Waals surface area contributed by atoms with Gasteiger partial charge in [0.05, 0.1) is 40.0 Å². The van der Waals surface area contributed by atoms with Gasteiger partial charge in [-0.1, -0.05) is 23.7 Å². The van der Waals surface area contributed by atoms with E-state index >= 15 is 0 Å². The minimum absolute atomic E-state index is 0.147. The Kier molecular flexibility index (Phi) is 6.55. The molecule has 34 heavy (non-hydrogen) atoms. The van der Waals surface area contributed by atoms with Crippen molar-refractivity contribution in [2.45, 2.75) is 13.8 Å². The molecule has 0 aliphatic carbocycles. The van der Waals surface area contributed by atoms with E-state index in [9.17, 15) is 14.0 Å². The molecule has 3 N–H and O–H groups in total. The van der Waals surface area contributed by atoms with Crippen LogP contribution in [0.25, 0.3) is 5.69 Å². The van der Waals surface area contributed by atoms with Crippen LogP contribution in [0, 0.1) is 19.7 Å². The number of hydrogen-bond acceptors (Lipinski definition) is 4. The molecule has 0 fully saturated rings. The van der Waals surface area contributed by atoms with E-state index in [0.717, 1.165) is 11.4 Å². The first-order valence-corrected chi connectivity index (χ1v) is 10.6. The first-order chi connectivity index (χ1) is 16.3. The van der Waals surface area contributed by atoms with Crippen molar-refractivity contribution in [3.8, 4) is 5.69 Å². The summed E-state index contributed by atoms with van der Waals surface area (Å²) in [7, 11) is 0. The fraction of sp³-hybridized carbons (Fsp3) is 0.0833. The highest BCUT2D eigenvalue weighted by molar-refractivity contribution is 6.33. The maximum atomic E-state index is 14.4. The Labute approximate surface area is 199 Å². The predicted octanol–water partition coefficient (Wildman–Crippen LogP) is 5.57. The molecule has 2 aromatic heterocycles. The van der Waals surface area contributed by atoms with Crippen LogP contribution in [-0.2, 0) is 0 Å². The van der Waals surface area contributed by atoms with Crippen molar-refractivity contribution in [2.75, 3.05) is 16.0 Å². The lowest BCUT2D eigenvalue weighted by Gasteiger charge is -2.10. The Bertz CT molecular complexity index is 1370. The SMILES string of the molecule is Cc1cc(NC(=O)c2cc(-n3cc(NC(=O)Nc4ccccc4Cl)cn3)ccc2F)cc(C)n1. The molecule has 4 rings (SSSR count). The Morgan fingerprint density at radius 2 is 1.68 bits per heavy atom. The highest BCUT2D eigenvalue weighted by Crippen LogP contribution is 2.21. The number of rotatable bonds is 5. The topological polar surface area (TPSA) is 101 Å². The van der Waals surface area contributed by atoms with E-state index in [1.165, 1.54) is 35.3 Å². The average Bonchev–Trinajstić information content (AvgIpc) is 3.23. The van der Waals surface area contributed by atoms with Crippen LogP contribution >= 0.6 is 11.6 Å². The molecule has 0 radical (unpaired) electrons. The number of amides is 3. The summed E-state index contributed by atoms with van der Waals surface area (Å²) in [5.41, 5.74) is 3.14. The van der Waals surface area contributed by atoms with E-state index in [1.54, 1.807) is 36.4 Å². The van der Waals surface area contributed by atoms with Crippen molar-refractivity contribution in [3.05, 3.63) is 94.8 Å². The summed E-state index contributed by atoms with van der Waals surface area (Å²) in [5, 5.41) is 12.6. The fourth-order valence-corrected chi connectivity index (χ4v) is 3.49. The van der Waals surface area contributed by atoms with Crippen molar-refractivity contribution in [1.29, 1.82) is 0 Å². The molecule has 0 saturated carbocycles. The number of nitrogens with one attached hydrogen (secondary N) is 3. The Morgan fingerprint density at radius 3 is 2.41 bits per heavy atom. The zero-order valence-electron chi connectivity index (χ0n) is 18.3. The third-order valence-electron chi connectivity index (χ3n) is 4.76. The monoisotopic (exact) mass is 478 g/mol. The van der Waals surface area contributed by atoms with Crippen LogP contribution in [0.15, 0.2) is 67.0 Å². The number of carbonyl (C=O) groups excluding carboxylic acids is 2. The van der Waals surface area contributed by atoms with Crippen LogP contribution in [-0.4, -0.2) is 26.7 Å². The van der Waals surface area contributed by atoms with Crippen LogP contribution in [0.4, 0.5) is 26.2 Å². The van der Waals surface area contributed by atoms with Crippen molar-refractivity contribution in [3.63, 3.8) is 0 Å². The molecule has 2 heterocycles. The molecule has 172 valence electrons. The summed E-state index contributed by atoms with van der Waals surface area (Å²) in [5.74, 6) is -1.28. The van der Waals surface area contributed by atoms with Crippen LogP contribution < -0.4 is 16.0 Å². The molecule has 3 amide bonds. The Hall–Kier alpha value is -4.24. The molecule has 0 unspecified atom stereocenters. The van der Waals surface area contributed by atoms with Crippen molar-refractivity contribution < 1.29 is 14.0 Å². The molecule has 8 nitrogen and oxygen atoms in total.